The van der Waals surface area contributed by atoms with Gasteiger partial charge in [0.05, 0.1) is 16.8 Å². The fourth-order valence-corrected chi connectivity index (χ4v) is 6.35. The van der Waals surface area contributed by atoms with Crippen molar-refractivity contribution in [2.24, 2.45) is 0 Å². The summed E-state index contributed by atoms with van der Waals surface area (Å²) in [7, 11) is 0. The minimum atomic E-state index is 0.426. The lowest BCUT2D eigenvalue weighted by atomic mass is 9.88. The number of aryl methyl sites for hydroxylation is 2. The van der Waals surface area contributed by atoms with E-state index < -0.39 is 0 Å². The Kier molecular flexibility index (Phi) is 7.07. The molecule has 7 rings (SSSR count). The number of fused-ring (bicyclic) bond motifs is 4. The predicted octanol–water partition coefficient (Wildman–Crippen LogP) is 11.1. The molecule has 0 aromatic heterocycles. The fraction of sp³-hybridized carbons (Fsp3) is 0.0476. The Morgan fingerprint density at radius 3 is 1.82 bits per heavy atom. The molecule has 0 heterocycles. The van der Waals surface area contributed by atoms with Gasteiger partial charge in [-0.2, -0.15) is 10.5 Å². The molecule has 0 amide bonds. The molecule has 0 bridgehead atoms. The zero-order valence-corrected chi connectivity index (χ0v) is 25.1. The molecule has 0 radical (unpaired) electrons. The van der Waals surface area contributed by atoms with Crippen molar-refractivity contribution in [3.05, 3.63) is 161 Å². The number of benzene rings is 7. The lowest BCUT2D eigenvalue weighted by Crippen LogP contribution is -2.10. The van der Waals surface area contributed by atoms with E-state index in [-0.39, 0.29) is 0 Å². The fourth-order valence-electron chi connectivity index (χ4n) is 6.35. The van der Waals surface area contributed by atoms with Crippen LogP contribution in [-0.2, 0) is 0 Å². The van der Waals surface area contributed by atoms with E-state index in [2.05, 4.69) is 146 Å². The number of hydrogen-bond donors (Lipinski definition) is 0. The van der Waals surface area contributed by atoms with Gasteiger partial charge in [-0.05, 0) is 77.0 Å². The zero-order chi connectivity index (χ0) is 30.9. The lowest BCUT2D eigenvalue weighted by Gasteiger charge is -2.27. The summed E-state index contributed by atoms with van der Waals surface area (Å²) in [4.78, 5) is 2.31. The number of nitrogens with zero attached hydrogens (tertiary/aromatic N) is 3. The van der Waals surface area contributed by atoms with Gasteiger partial charge in [0.25, 0.3) is 0 Å². The third-order valence-electron chi connectivity index (χ3n) is 8.54. The van der Waals surface area contributed by atoms with Gasteiger partial charge in [0.2, 0.25) is 0 Å². The predicted molar refractivity (Wildman–Crippen MR) is 188 cm³/mol. The van der Waals surface area contributed by atoms with Crippen molar-refractivity contribution < 1.29 is 0 Å². The van der Waals surface area contributed by atoms with Gasteiger partial charge < -0.3 is 4.90 Å². The molecule has 3 nitrogen and oxygen atoms in total. The van der Waals surface area contributed by atoms with Crippen LogP contribution in [0.3, 0.4) is 0 Å². The topological polar surface area (TPSA) is 50.8 Å². The highest BCUT2D eigenvalue weighted by atomic mass is 15.1. The second-order valence-corrected chi connectivity index (χ2v) is 11.3. The Morgan fingerprint density at radius 1 is 0.533 bits per heavy atom. The van der Waals surface area contributed by atoms with E-state index in [0.717, 1.165) is 55.3 Å². The summed E-state index contributed by atoms with van der Waals surface area (Å²) in [6, 6.07) is 48.7. The Labute approximate surface area is 263 Å². The minimum absolute atomic E-state index is 0.426. The van der Waals surface area contributed by atoms with Crippen molar-refractivity contribution in [3.8, 4) is 12.1 Å². The van der Waals surface area contributed by atoms with Crippen molar-refractivity contribution in [2.75, 3.05) is 4.90 Å². The highest BCUT2D eigenvalue weighted by Gasteiger charge is 2.18. The second kappa shape index (κ2) is 11.5. The Bertz CT molecular complexity index is 2340. The summed E-state index contributed by atoms with van der Waals surface area (Å²) in [6.07, 6.45) is 4.22. The maximum atomic E-state index is 10.1. The largest absolute Gasteiger partial charge is 0.310 e. The van der Waals surface area contributed by atoms with Gasteiger partial charge in [0.1, 0.15) is 12.1 Å². The third kappa shape index (κ3) is 4.88. The third-order valence-corrected chi connectivity index (χ3v) is 8.54. The minimum Gasteiger partial charge on any atom is -0.310 e. The molecule has 0 saturated heterocycles. The molecule has 7 aromatic rings. The highest BCUT2D eigenvalue weighted by Crippen LogP contribution is 2.40. The zero-order valence-electron chi connectivity index (χ0n) is 25.1. The molecular weight excluding hydrogens is 546 g/mol. The van der Waals surface area contributed by atoms with Crippen LogP contribution in [-0.4, -0.2) is 0 Å². The molecule has 0 unspecified atom stereocenters. The Balaban J connectivity index is 1.32. The van der Waals surface area contributed by atoms with Crippen LogP contribution in [0.5, 0.6) is 0 Å². The monoisotopic (exact) mass is 575 g/mol. The lowest BCUT2D eigenvalue weighted by molar-refractivity contribution is 1.29. The smallest absolute Gasteiger partial charge is 0.101 e. The summed E-state index contributed by atoms with van der Waals surface area (Å²) >= 11 is 0. The molecule has 0 saturated carbocycles. The molecule has 3 heteroatoms. The van der Waals surface area contributed by atoms with Crippen LogP contribution in [0, 0.1) is 36.5 Å². The van der Waals surface area contributed by atoms with Crippen molar-refractivity contribution in [3.63, 3.8) is 0 Å². The van der Waals surface area contributed by atoms with Crippen molar-refractivity contribution in [2.45, 2.75) is 13.8 Å². The van der Waals surface area contributed by atoms with E-state index in [9.17, 15) is 10.5 Å². The van der Waals surface area contributed by atoms with Gasteiger partial charge in [-0.15, -0.1) is 0 Å². The average Bonchev–Trinajstić information content (AvgIpc) is 3.08. The van der Waals surface area contributed by atoms with Crippen LogP contribution in [0.4, 0.5) is 17.1 Å². The van der Waals surface area contributed by atoms with E-state index in [0.29, 0.717) is 11.1 Å². The first-order valence-corrected chi connectivity index (χ1v) is 15.0. The number of nitriles is 2. The first kappa shape index (κ1) is 27.7. The SMILES string of the molecule is Cc1ccc(N(c2ccc(C=Cc3cccc4c(C#N)c(C#N)c5cccc(C)c5c34)cc2)c2cccc3ccccc23)cc1. The Morgan fingerprint density at radius 2 is 1.11 bits per heavy atom. The highest BCUT2D eigenvalue weighted by molar-refractivity contribution is 6.17. The van der Waals surface area contributed by atoms with Gasteiger partial charge in [-0.3, -0.25) is 0 Å². The molecule has 0 spiro atoms. The summed E-state index contributed by atoms with van der Waals surface area (Å²) < 4.78 is 0. The first-order valence-electron chi connectivity index (χ1n) is 15.0. The van der Waals surface area contributed by atoms with Gasteiger partial charge in [-0.25, -0.2) is 0 Å². The van der Waals surface area contributed by atoms with E-state index in [1.165, 1.54) is 16.3 Å². The summed E-state index contributed by atoms with van der Waals surface area (Å²) in [5.74, 6) is 0. The van der Waals surface area contributed by atoms with Crippen molar-refractivity contribution >= 4 is 61.5 Å². The van der Waals surface area contributed by atoms with Crippen LogP contribution in [0.15, 0.2) is 127 Å². The first-order chi connectivity index (χ1) is 22.1. The average molecular weight is 576 g/mol. The van der Waals surface area contributed by atoms with E-state index in [1.54, 1.807) is 0 Å². The summed E-state index contributed by atoms with van der Waals surface area (Å²) in [6.45, 7) is 4.17. The maximum absolute atomic E-state index is 10.1. The van der Waals surface area contributed by atoms with E-state index in [4.69, 9.17) is 0 Å². The summed E-state index contributed by atoms with van der Waals surface area (Å²) in [5, 5.41) is 26.1. The van der Waals surface area contributed by atoms with Gasteiger partial charge in [0.15, 0.2) is 0 Å². The van der Waals surface area contributed by atoms with Crippen LogP contribution in [0.2, 0.25) is 0 Å². The standard InChI is InChI=1S/C42H29N3/c1-28-16-22-33(23-17-28)45(40-15-7-10-31-9-3-4-12-35(31)40)34-24-19-30(20-25-34)18-21-32-11-6-14-37-39(27-44)38(26-43)36-13-5-8-29(2)41(36)42(32)37/h3-25H,1-2H3. The maximum Gasteiger partial charge on any atom is 0.101 e. The van der Waals surface area contributed by atoms with Gasteiger partial charge >= 0.3 is 0 Å². The second-order valence-electron chi connectivity index (χ2n) is 11.3. The molecular formula is C42H29N3. The molecule has 7 aromatic carbocycles. The van der Waals surface area contributed by atoms with Crippen molar-refractivity contribution in [1.82, 2.24) is 0 Å². The van der Waals surface area contributed by atoms with E-state index >= 15 is 0 Å². The molecule has 0 N–H and O–H groups in total. The molecule has 45 heavy (non-hydrogen) atoms. The van der Waals surface area contributed by atoms with Crippen molar-refractivity contribution in [1.29, 1.82) is 10.5 Å². The number of hydrogen-bond acceptors (Lipinski definition) is 3. The van der Waals surface area contributed by atoms with Crippen LogP contribution in [0.25, 0.3) is 44.5 Å². The number of anilines is 3. The molecule has 0 aliphatic rings. The van der Waals surface area contributed by atoms with Crippen LogP contribution in [0.1, 0.15) is 33.4 Å². The van der Waals surface area contributed by atoms with Gasteiger partial charge in [0, 0.05) is 27.5 Å². The Hall–Kier alpha value is -6.16. The van der Waals surface area contributed by atoms with Crippen LogP contribution >= 0.6 is 0 Å². The molecule has 0 atom stereocenters. The molecule has 0 aliphatic heterocycles. The van der Waals surface area contributed by atoms with Crippen LogP contribution < -0.4 is 4.90 Å². The molecule has 212 valence electrons. The molecule has 0 fully saturated rings. The summed E-state index contributed by atoms with van der Waals surface area (Å²) in [5.41, 5.74) is 8.53. The normalized spacial score (nSPS) is 11.2. The van der Waals surface area contributed by atoms with E-state index in [1.807, 2.05) is 24.3 Å². The van der Waals surface area contributed by atoms with Gasteiger partial charge in [-0.1, -0.05) is 115 Å². The quantitative estimate of drug-likeness (QED) is 0.151. The molecule has 0 aliphatic carbocycles. The number of rotatable bonds is 5.